The van der Waals surface area contributed by atoms with Crippen molar-refractivity contribution < 1.29 is 8.42 Å². The Morgan fingerprint density at radius 2 is 1.72 bits per heavy atom. The maximum Gasteiger partial charge on any atom is 0.243 e. The predicted octanol–water partition coefficient (Wildman–Crippen LogP) is 1.80. The van der Waals surface area contributed by atoms with Crippen LogP contribution < -0.4 is 10.6 Å². The summed E-state index contributed by atoms with van der Waals surface area (Å²) in [5.41, 5.74) is 0.982. The van der Waals surface area contributed by atoms with Crippen molar-refractivity contribution >= 4 is 27.4 Å². The van der Waals surface area contributed by atoms with Crippen LogP contribution in [0.2, 0.25) is 0 Å². The lowest BCUT2D eigenvalue weighted by Crippen LogP contribution is -2.39. The molecule has 1 rings (SSSR count). The van der Waals surface area contributed by atoms with E-state index in [2.05, 4.69) is 15.5 Å². The topological polar surface area (TPSA) is 64.7 Å². The molecule has 0 aliphatic carbocycles. The molecule has 25 heavy (non-hydrogen) atoms. The van der Waals surface area contributed by atoms with Gasteiger partial charge in [-0.1, -0.05) is 26.0 Å². The molecule has 0 spiro atoms. The number of nitrogens with one attached hydrogen (secondary N) is 2. The van der Waals surface area contributed by atoms with Gasteiger partial charge >= 0.3 is 0 Å². The van der Waals surface area contributed by atoms with E-state index in [0.717, 1.165) is 18.7 Å². The number of thiocarbonyl (C=S) groups is 1. The van der Waals surface area contributed by atoms with Gasteiger partial charge in [-0.15, -0.1) is 0 Å². The molecule has 0 fully saturated rings. The number of benzene rings is 1. The summed E-state index contributed by atoms with van der Waals surface area (Å²) >= 11 is 5.29. The third kappa shape index (κ3) is 6.54. The standard InChI is InChI=1S/C17H30N4O2S2/c1-6-21(7-2)25(22,23)16-10-8-15(9-11-16)14(3)19-17(24)18-12-13-20(4)5/h8-11,14H,6-7,12-13H2,1-5H3,(H2,18,19,24)/t14-/m1/s1. The Bertz CT molecular complexity index is 641. The third-order valence-corrected chi connectivity index (χ3v) is 6.24. The van der Waals surface area contributed by atoms with Crippen molar-refractivity contribution in [2.45, 2.75) is 31.7 Å². The van der Waals surface area contributed by atoms with E-state index in [1.54, 1.807) is 12.1 Å². The summed E-state index contributed by atoms with van der Waals surface area (Å²) in [7, 11) is 0.600. The van der Waals surface area contributed by atoms with E-state index >= 15 is 0 Å². The number of rotatable bonds is 9. The zero-order valence-corrected chi connectivity index (χ0v) is 17.4. The Morgan fingerprint density at radius 3 is 2.20 bits per heavy atom. The molecule has 0 aromatic heterocycles. The van der Waals surface area contributed by atoms with E-state index in [0.29, 0.717) is 23.1 Å². The Balaban J connectivity index is 2.71. The fourth-order valence-corrected chi connectivity index (χ4v) is 4.10. The molecule has 2 N–H and O–H groups in total. The number of sulfonamides is 1. The lowest BCUT2D eigenvalue weighted by Gasteiger charge is -2.20. The minimum absolute atomic E-state index is 0.00966. The first-order valence-corrected chi connectivity index (χ1v) is 10.4. The van der Waals surface area contributed by atoms with E-state index in [-0.39, 0.29) is 6.04 Å². The van der Waals surface area contributed by atoms with E-state index in [1.165, 1.54) is 4.31 Å². The molecule has 8 heteroatoms. The zero-order valence-electron chi connectivity index (χ0n) is 15.7. The molecule has 0 radical (unpaired) electrons. The monoisotopic (exact) mass is 386 g/mol. The maximum atomic E-state index is 12.5. The van der Waals surface area contributed by atoms with Gasteiger partial charge in [0.25, 0.3) is 0 Å². The van der Waals surface area contributed by atoms with Crippen molar-refractivity contribution in [3.8, 4) is 0 Å². The van der Waals surface area contributed by atoms with E-state index in [1.807, 2.05) is 47.0 Å². The Hall–Kier alpha value is -1.22. The normalized spacial score (nSPS) is 13.1. The average molecular weight is 387 g/mol. The van der Waals surface area contributed by atoms with Crippen molar-refractivity contribution in [2.24, 2.45) is 0 Å². The van der Waals surface area contributed by atoms with Gasteiger partial charge in [0.2, 0.25) is 10.0 Å². The quantitative estimate of drug-likeness (QED) is 0.631. The summed E-state index contributed by atoms with van der Waals surface area (Å²) in [6.45, 7) is 8.27. The van der Waals surface area contributed by atoms with Crippen LogP contribution in [0.25, 0.3) is 0 Å². The zero-order chi connectivity index (χ0) is 19.0. The summed E-state index contributed by atoms with van der Waals surface area (Å²) in [5, 5.41) is 6.96. The Morgan fingerprint density at radius 1 is 1.16 bits per heavy atom. The Kier molecular flexibility index (Phi) is 8.78. The van der Waals surface area contributed by atoms with Crippen LogP contribution in [0.15, 0.2) is 29.2 Å². The first-order chi connectivity index (χ1) is 11.7. The highest BCUT2D eigenvalue weighted by atomic mass is 32.2. The van der Waals surface area contributed by atoms with Crippen LogP contribution in [0.1, 0.15) is 32.4 Å². The third-order valence-electron chi connectivity index (χ3n) is 3.92. The number of nitrogens with zero attached hydrogens (tertiary/aromatic N) is 2. The van der Waals surface area contributed by atoms with Gasteiger partial charge < -0.3 is 15.5 Å². The highest BCUT2D eigenvalue weighted by Crippen LogP contribution is 2.19. The molecule has 0 aliphatic heterocycles. The molecule has 6 nitrogen and oxygen atoms in total. The van der Waals surface area contributed by atoms with Crippen LogP contribution >= 0.6 is 12.2 Å². The summed E-state index contributed by atoms with van der Waals surface area (Å²) in [5.74, 6) is 0. The molecule has 0 bridgehead atoms. The number of hydrogen-bond donors (Lipinski definition) is 2. The van der Waals surface area contributed by atoms with E-state index in [4.69, 9.17) is 12.2 Å². The van der Waals surface area contributed by atoms with E-state index < -0.39 is 10.0 Å². The minimum Gasteiger partial charge on any atom is -0.361 e. The molecule has 0 saturated carbocycles. The molecule has 0 saturated heterocycles. The van der Waals surface area contributed by atoms with Gasteiger partial charge in [-0.2, -0.15) is 4.31 Å². The molecular weight excluding hydrogens is 356 g/mol. The van der Waals surface area contributed by atoms with Gasteiger partial charge in [0.15, 0.2) is 5.11 Å². The van der Waals surface area contributed by atoms with Crippen LogP contribution in [-0.4, -0.2) is 63.0 Å². The largest absolute Gasteiger partial charge is 0.361 e. The first-order valence-electron chi connectivity index (χ1n) is 8.51. The van der Waals surface area contributed by atoms with Gasteiger partial charge in [0.1, 0.15) is 0 Å². The van der Waals surface area contributed by atoms with Crippen molar-refractivity contribution in [1.82, 2.24) is 19.8 Å². The lowest BCUT2D eigenvalue weighted by molar-refractivity contribution is 0.412. The Labute approximate surface area is 157 Å². The fraction of sp³-hybridized carbons (Fsp3) is 0.588. The highest BCUT2D eigenvalue weighted by molar-refractivity contribution is 7.89. The lowest BCUT2D eigenvalue weighted by atomic mass is 10.1. The van der Waals surface area contributed by atoms with Crippen molar-refractivity contribution in [3.63, 3.8) is 0 Å². The molecular formula is C17H30N4O2S2. The summed E-state index contributed by atoms with van der Waals surface area (Å²) in [6.07, 6.45) is 0. The van der Waals surface area contributed by atoms with Gasteiger partial charge in [-0.25, -0.2) is 8.42 Å². The van der Waals surface area contributed by atoms with Crippen molar-refractivity contribution in [2.75, 3.05) is 40.3 Å². The highest BCUT2D eigenvalue weighted by Gasteiger charge is 2.21. The predicted molar refractivity (Wildman–Crippen MR) is 107 cm³/mol. The molecule has 1 atom stereocenters. The summed E-state index contributed by atoms with van der Waals surface area (Å²) in [6, 6.07) is 6.96. The first kappa shape index (κ1) is 21.8. The minimum atomic E-state index is -3.42. The van der Waals surface area contributed by atoms with Crippen LogP contribution in [0.5, 0.6) is 0 Å². The SMILES string of the molecule is CCN(CC)S(=O)(=O)c1ccc([C@@H](C)NC(=S)NCCN(C)C)cc1. The van der Waals surface area contributed by atoms with E-state index in [9.17, 15) is 8.42 Å². The average Bonchev–Trinajstić information content (AvgIpc) is 2.55. The number of likely N-dealkylation sites (N-methyl/N-ethyl adjacent to an activating group) is 1. The molecule has 0 aliphatic rings. The molecule has 1 aromatic rings. The van der Waals surface area contributed by atoms with Crippen molar-refractivity contribution in [3.05, 3.63) is 29.8 Å². The molecule has 0 amide bonds. The molecule has 0 unspecified atom stereocenters. The van der Waals surface area contributed by atoms with Crippen LogP contribution in [-0.2, 0) is 10.0 Å². The second-order valence-electron chi connectivity index (χ2n) is 6.08. The summed E-state index contributed by atoms with van der Waals surface area (Å²) in [4.78, 5) is 2.40. The van der Waals surface area contributed by atoms with Gasteiger partial charge in [0.05, 0.1) is 10.9 Å². The maximum absolute atomic E-state index is 12.5. The van der Waals surface area contributed by atoms with Gasteiger partial charge in [-0.3, -0.25) is 0 Å². The van der Waals surface area contributed by atoms with Crippen molar-refractivity contribution in [1.29, 1.82) is 0 Å². The number of hydrogen-bond acceptors (Lipinski definition) is 4. The smallest absolute Gasteiger partial charge is 0.243 e. The van der Waals surface area contributed by atoms with Gasteiger partial charge in [0, 0.05) is 26.2 Å². The molecule has 142 valence electrons. The van der Waals surface area contributed by atoms with Gasteiger partial charge in [-0.05, 0) is 50.9 Å². The second-order valence-corrected chi connectivity index (χ2v) is 8.43. The summed E-state index contributed by atoms with van der Waals surface area (Å²) < 4.78 is 26.5. The fourth-order valence-electron chi connectivity index (χ4n) is 2.37. The van der Waals surface area contributed by atoms with Crippen LogP contribution in [0.3, 0.4) is 0 Å². The second kappa shape index (κ2) is 10.1. The van der Waals surface area contributed by atoms with Crippen LogP contribution in [0, 0.1) is 0 Å². The van der Waals surface area contributed by atoms with Crippen LogP contribution in [0.4, 0.5) is 0 Å². The molecule has 0 heterocycles. The molecule has 1 aromatic carbocycles.